The van der Waals surface area contributed by atoms with Crippen molar-refractivity contribution in [3.05, 3.63) is 34.9 Å². The van der Waals surface area contributed by atoms with Gasteiger partial charge in [-0.3, -0.25) is 0 Å². The zero-order valence-corrected chi connectivity index (χ0v) is 10.0. The van der Waals surface area contributed by atoms with Crippen LogP contribution >= 0.6 is 12.6 Å². The molecular formula is C13H18S. The Labute approximate surface area is 92.1 Å². The van der Waals surface area contributed by atoms with Crippen LogP contribution in [-0.2, 0) is 6.42 Å². The Kier molecular flexibility index (Phi) is 2.61. The monoisotopic (exact) mass is 206 g/mol. The third kappa shape index (κ3) is 1.48. The van der Waals surface area contributed by atoms with Crippen molar-refractivity contribution < 1.29 is 0 Å². The van der Waals surface area contributed by atoms with Gasteiger partial charge in [0, 0.05) is 5.25 Å². The molecule has 0 nitrogen and oxygen atoms in total. The number of hydrogen-bond donors (Lipinski definition) is 1. The van der Waals surface area contributed by atoms with Crippen LogP contribution in [0, 0.1) is 18.8 Å². The fourth-order valence-corrected chi connectivity index (χ4v) is 3.11. The summed E-state index contributed by atoms with van der Waals surface area (Å²) in [5, 5.41) is 0.426. The first kappa shape index (κ1) is 10.1. The van der Waals surface area contributed by atoms with Gasteiger partial charge in [-0.2, -0.15) is 12.6 Å². The second-order valence-electron chi connectivity index (χ2n) is 4.63. The fourth-order valence-electron chi connectivity index (χ4n) is 2.45. The molecule has 1 aromatic rings. The van der Waals surface area contributed by atoms with Gasteiger partial charge in [0.05, 0.1) is 0 Å². The zero-order chi connectivity index (χ0) is 10.3. The molecule has 0 fully saturated rings. The Morgan fingerprint density at radius 1 is 1.29 bits per heavy atom. The van der Waals surface area contributed by atoms with Crippen LogP contribution in [0.3, 0.4) is 0 Å². The molecule has 0 bridgehead atoms. The SMILES string of the molecule is Cc1cccc2c1C(S)C(C)C(C)C2. The summed E-state index contributed by atoms with van der Waals surface area (Å²) in [6.07, 6.45) is 1.22. The van der Waals surface area contributed by atoms with E-state index in [4.69, 9.17) is 12.6 Å². The van der Waals surface area contributed by atoms with Gasteiger partial charge < -0.3 is 0 Å². The van der Waals surface area contributed by atoms with Crippen LogP contribution in [0.4, 0.5) is 0 Å². The van der Waals surface area contributed by atoms with Crippen LogP contribution in [-0.4, -0.2) is 0 Å². The molecule has 0 spiro atoms. The van der Waals surface area contributed by atoms with Crippen molar-refractivity contribution in [2.45, 2.75) is 32.4 Å². The summed E-state index contributed by atoms with van der Waals surface area (Å²) < 4.78 is 0. The second kappa shape index (κ2) is 3.62. The second-order valence-corrected chi connectivity index (χ2v) is 5.19. The standard InChI is InChI=1S/C13H18S/c1-8-5-4-6-11-7-9(2)10(3)13(14)12(8)11/h4-6,9-10,13-14H,7H2,1-3H3. The topological polar surface area (TPSA) is 0 Å². The fraction of sp³-hybridized carbons (Fsp3) is 0.538. The predicted octanol–water partition coefficient (Wildman–Crippen LogP) is 3.79. The molecule has 0 aromatic heterocycles. The Morgan fingerprint density at radius 2 is 2.00 bits per heavy atom. The van der Waals surface area contributed by atoms with Crippen molar-refractivity contribution in [1.82, 2.24) is 0 Å². The van der Waals surface area contributed by atoms with Gasteiger partial charge in [-0.05, 0) is 41.9 Å². The number of rotatable bonds is 0. The van der Waals surface area contributed by atoms with E-state index in [0.717, 1.165) is 5.92 Å². The van der Waals surface area contributed by atoms with Gasteiger partial charge in [0.15, 0.2) is 0 Å². The lowest BCUT2D eigenvalue weighted by Gasteiger charge is -2.34. The van der Waals surface area contributed by atoms with Crippen LogP contribution in [0.2, 0.25) is 0 Å². The van der Waals surface area contributed by atoms with Crippen molar-refractivity contribution in [2.75, 3.05) is 0 Å². The summed E-state index contributed by atoms with van der Waals surface area (Å²) >= 11 is 4.76. The Hall–Kier alpha value is -0.430. The number of benzene rings is 1. The molecule has 1 aliphatic rings. The summed E-state index contributed by atoms with van der Waals surface area (Å²) in [4.78, 5) is 0. The average Bonchev–Trinajstić information content (AvgIpc) is 2.14. The van der Waals surface area contributed by atoms with Crippen LogP contribution < -0.4 is 0 Å². The lowest BCUT2D eigenvalue weighted by atomic mass is 9.76. The maximum atomic E-state index is 4.76. The molecule has 0 saturated heterocycles. The highest BCUT2D eigenvalue weighted by molar-refractivity contribution is 7.80. The normalized spacial score (nSPS) is 31.3. The maximum Gasteiger partial charge on any atom is 0.0300 e. The lowest BCUT2D eigenvalue weighted by molar-refractivity contribution is 0.355. The number of fused-ring (bicyclic) bond motifs is 1. The molecule has 0 saturated carbocycles. The van der Waals surface area contributed by atoms with E-state index in [-0.39, 0.29) is 0 Å². The first-order valence-electron chi connectivity index (χ1n) is 5.37. The number of hydrogen-bond acceptors (Lipinski definition) is 1. The van der Waals surface area contributed by atoms with Gasteiger partial charge in [-0.15, -0.1) is 0 Å². The Morgan fingerprint density at radius 3 is 2.71 bits per heavy atom. The van der Waals surface area contributed by atoms with Gasteiger partial charge in [-0.25, -0.2) is 0 Å². The highest BCUT2D eigenvalue weighted by Crippen LogP contribution is 2.42. The molecule has 1 aliphatic carbocycles. The zero-order valence-electron chi connectivity index (χ0n) is 9.12. The number of aryl methyl sites for hydroxylation is 1. The van der Waals surface area contributed by atoms with E-state index in [1.807, 2.05) is 0 Å². The van der Waals surface area contributed by atoms with E-state index in [0.29, 0.717) is 11.2 Å². The maximum absolute atomic E-state index is 4.76. The molecule has 76 valence electrons. The highest BCUT2D eigenvalue weighted by atomic mass is 32.1. The van der Waals surface area contributed by atoms with Crippen molar-refractivity contribution in [2.24, 2.45) is 11.8 Å². The van der Waals surface area contributed by atoms with E-state index in [1.165, 1.54) is 23.1 Å². The summed E-state index contributed by atoms with van der Waals surface area (Å²) in [6.45, 7) is 6.85. The van der Waals surface area contributed by atoms with Gasteiger partial charge in [0.2, 0.25) is 0 Å². The quantitative estimate of drug-likeness (QED) is 0.613. The Balaban J connectivity index is 2.51. The molecule has 3 unspecified atom stereocenters. The van der Waals surface area contributed by atoms with E-state index in [2.05, 4.69) is 39.0 Å². The van der Waals surface area contributed by atoms with Gasteiger partial charge in [0.1, 0.15) is 0 Å². The largest absolute Gasteiger partial charge is 0.171 e. The molecule has 1 aromatic carbocycles. The average molecular weight is 206 g/mol. The van der Waals surface area contributed by atoms with Gasteiger partial charge in [0.25, 0.3) is 0 Å². The van der Waals surface area contributed by atoms with Crippen molar-refractivity contribution in [3.63, 3.8) is 0 Å². The summed E-state index contributed by atoms with van der Waals surface area (Å²) in [7, 11) is 0. The van der Waals surface area contributed by atoms with Crippen LogP contribution in [0.1, 0.15) is 35.8 Å². The van der Waals surface area contributed by atoms with Crippen molar-refractivity contribution in [1.29, 1.82) is 0 Å². The van der Waals surface area contributed by atoms with Crippen LogP contribution in [0.15, 0.2) is 18.2 Å². The predicted molar refractivity (Wildman–Crippen MR) is 64.9 cm³/mol. The van der Waals surface area contributed by atoms with Crippen molar-refractivity contribution >= 4 is 12.6 Å². The molecule has 0 radical (unpaired) electrons. The molecular weight excluding hydrogens is 188 g/mol. The van der Waals surface area contributed by atoms with Crippen LogP contribution in [0.25, 0.3) is 0 Å². The van der Waals surface area contributed by atoms with Gasteiger partial charge in [-0.1, -0.05) is 32.0 Å². The minimum atomic E-state index is 0.426. The molecule has 1 heteroatoms. The lowest BCUT2D eigenvalue weighted by Crippen LogP contribution is -2.23. The summed E-state index contributed by atoms with van der Waals surface area (Å²) in [5.74, 6) is 1.44. The first-order chi connectivity index (χ1) is 6.61. The smallest absolute Gasteiger partial charge is 0.0300 e. The van der Waals surface area contributed by atoms with E-state index in [1.54, 1.807) is 0 Å². The van der Waals surface area contributed by atoms with E-state index < -0.39 is 0 Å². The molecule has 3 atom stereocenters. The molecule has 0 N–H and O–H groups in total. The molecule has 0 amide bonds. The molecule has 14 heavy (non-hydrogen) atoms. The van der Waals surface area contributed by atoms with Crippen LogP contribution in [0.5, 0.6) is 0 Å². The summed E-state index contributed by atoms with van der Waals surface area (Å²) in [6, 6.07) is 6.62. The van der Waals surface area contributed by atoms with E-state index >= 15 is 0 Å². The molecule has 0 heterocycles. The van der Waals surface area contributed by atoms with E-state index in [9.17, 15) is 0 Å². The Bertz CT molecular complexity index is 343. The third-order valence-corrected chi connectivity index (χ3v) is 4.38. The third-order valence-electron chi connectivity index (χ3n) is 3.65. The first-order valence-corrected chi connectivity index (χ1v) is 5.89. The summed E-state index contributed by atoms with van der Waals surface area (Å²) in [5.41, 5.74) is 4.40. The van der Waals surface area contributed by atoms with Crippen molar-refractivity contribution in [3.8, 4) is 0 Å². The van der Waals surface area contributed by atoms with Gasteiger partial charge >= 0.3 is 0 Å². The molecule has 0 aliphatic heterocycles. The minimum Gasteiger partial charge on any atom is -0.171 e. The minimum absolute atomic E-state index is 0.426. The number of thiol groups is 1. The highest BCUT2D eigenvalue weighted by Gasteiger charge is 2.29. The molecule has 2 rings (SSSR count).